The highest BCUT2D eigenvalue weighted by Gasteiger charge is 2.24. The molecule has 1 aromatic heterocycles. The predicted octanol–water partition coefficient (Wildman–Crippen LogP) is 1.60. The lowest BCUT2D eigenvalue weighted by molar-refractivity contribution is 0.0696. The molecule has 108 valence electrons. The Morgan fingerprint density at radius 3 is 2.81 bits per heavy atom. The zero-order valence-corrected chi connectivity index (χ0v) is 11.1. The molecule has 0 aliphatic carbocycles. The Labute approximate surface area is 120 Å². The molecule has 1 aliphatic heterocycles. The molecule has 21 heavy (non-hydrogen) atoms. The van der Waals surface area contributed by atoms with E-state index in [1.165, 1.54) is 6.20 Å². The van der Waals surface area contributed by atoms with Crippen LogP contribution in [0.3, 0.4) is 0 Å². The van der Waals surface area contributed by atoms with E-state index in [1.807, 2.05) is 0 Å². The van der Waals surface area contributed by atoms with E-state index < -0.39 is 5.97 Å². The van der Waals surface area contributed by atoms with Crippen molar-refractivity contribution >= 4 is 12.0 Å². The summed E-state index contributed by atoms with van der Waals surface area (Å²) >= 11 is 0. The number of carboxylic acid groups (broad SMARTS) is 1. The van der Waals surface area contributed by atoms with Crippen LogP contribution in [-0.2, 0) is 19.6 Å². The van der Waals surface area contributed by atoms with Crippen LogP contribution in [0, 0.1) is 0 Å². The monoisotopic (exact) mass is 287 g/mol. The number of rotatable bonds is 3. The maximum atomic E-state index is 12.1. The normalized spacial score (nSPS) is 13.0. The maximum absolute atomic E-state index is 12.1. The average molecular weight is 287 g/mol. The number of benzene rings is 1. The summed E-state index contributed by atoms with van der Waals surface area (Å²) in [6.45, 7) is 1.14. The Morgan fingerprint density at radius 2 is 2.10 bits per heavy atom. The van der Waals surface area contributed by atoms with Crippen molar-refractivity contribution in [3.8, 4) is 0 Å². The van der Waals surface area contributed by atoms with Gasteiger partial charge in [0.1, 0.15) is 0 Å². The van der Waals surface area contributed by atoms with Gasteiger partial charge in [-0.15, -0.1) is 0 Å². The largest absolute Gasteiger partial charge is 0.478 e. The fourth-order valence-electron chi connectivity index (χ4n) is 2.28. The molecule has 2 amide bonds. The van der Waals surface area contributed by atoms with Gasteiger partial charge in [-0.3, -0.25) is 0 Å². The molecule has 7 heteroatoms. The number of nitrogens with one attached hydrogen (secondary N) is 1. The number of nitrogens with zero attached hydrogens (tertiary/aromatic N) is 2. The first-order chi connectivity index (χ1) is 10.1. The third-order valence-electron chi connectivity index (χ3n) is 3.37. The number of carbonyl (C=O) groups is 2. The Balaban J connectivity index is 1.64. The summed E-state index contributed by atoms with van der Waals surface area (Å²) in [6, 6.07) is 6.37. The van der Waals surface area contributed by atoms with Gasteiger partial charge in [0.15, 0.2) is 5.76 Å². The first-order valence-corrected chi connectivity index (χ1v) is 6.41. The smallest absolute Gasteiger partial charge is 0.335 e. The van der Waals surface area contributed by atoms with Crippen LogP contribution in [0.5, 0.6) is 0 Å². The molecule has 2 aromatic rings. The Morgan fingerprint density at radius 1 is 1.29 bits per heavy atom. The van der Waals surface area contributed by atoms with Gasteiger partial charge in [-0.2, -0.15) is 0 Å². The van der Waals surface area contributed by atoms with Crippen molar-refractivity contribution in [2.24, 2.45) is 0 Å². The molecule has 0 fully saturated rings. The molecular weight excluding hydrogens is 274 g/mol. The Kier molecular flexibility index (Phi) is 3.31. The number of aromatic nitrogens is 1. The van der Waals surface area contributed by atoms with E-state index in [0.717, 1.165) is 11.1 Å². The number of aromatic carboxylic acids is 1. The van der Waals surface area contributed by atoms with Crippen molar-refractivity contribution in [2.45, 2.75) is 19.6 Å². The number of urea groups is 1. The second-order valence-corrected chi connectivity index (χ2v) is 4.78. The molecule has 7 nitrogen and oxygen atoms in total. The molecule has 0 radical (unpaired) electrons. The lowest BCUT2D eigenvalue weighted by Gasteiger charge is -2.15. The summed E-state index contributed by atoms with van der Waals surface area (Å²) in [5.74, 6) is -0.390. The van der Waals surface area contributed by atoms with E-state index in [4.69, 9.17) is 9.63 Å². The van der Waals surface area contributed by atoms with Crippen molar-refractivity contribution in [1.82, 2.24) is 15.4 Å². The summed E-state index contributed by atoms with van der Waals surface area (Å²) in [5.41, 5.74) is 2.07. The molecular formula is C14H13N3O4. The van der Waals surface area contributed by atoms with Crippen LogP contribution in [0.4, 0.5) is 4.79 Å². The quantitative estimate of drug-likeness (QED) is 0.894. The van der Waals surface area contributed by atoms with Crippen LogP contribution in [0.2, 0.25) is 0 Å². The summed E-state index contributed by atoms with van der Waals surface area (Å²) in [4.78, 5) is 24.6. The van der Waals surface area contributed by atoms with Crippen molar-refractivity contribution in [1.29, 1.82) is 0 Å². The highest BCUT2D eigenvalue weighted by atomic mass is 16.5. The van der Waals surface area contributed by atoms with Crippen molar-refractivity contribution in [3.05, 3.63) is 52.9 Å². The van der Waals surface area contributed by atoms with Gasteiger partial charge in [0.2, 0.25) is 0 Å². The Hall–Kier alpha value is -2.83. The van der Waals surface area contributed by atoms with Crippen LogP contribution >= 0.6 is 0 Å². The topological polar surface area (TPSA) is 95.7 Å². The van der Waals surface area contributed by atoms with E-state index in [1.54, 1.807) is 29.2 Å². The number of amides is 2. The SMILES string of the molecule is O=C(O)c1ccc2c(c1)CN(C(=O)NCc1ccno1)C2. The van der Waals surface area contributed by atoms with Crippen molar-refractivity contribution < 1.29 is 19.2 Å². The van der Waals surface area contributed by atoms with E-state index in [-0.39, 0.29) is 18.1 Å². The minimum absolute atomic E-state index is 0.223. The van der Waals surface area contributed by atoms with Crippen molar-refractivity contribution in [3.63, 3.8) is 0 Å². The molecule has 0 saturated carbocycles. The zero-order valence-electron chi connectivity index (χ0n) is 11.1. The minimum atomic E-state index is -0.967. The van der Waals surface area contributed by atoms with Crippen LogP contribution < -0.4 is 5.32 Å². The van der Waals surface area contributed by atoms with Gasteiger partial charge >= 0.3 is 12.0 Å². The van der Waals surface area contributed by atoms with Gasteiger partial charge < -0.3 is 19.8 Å². The lowest BCUT2D eigenvalue weighted by atomic mass is 10.1. The molecule has 0 saturated heterocycles. The van der Waals surface area contributed by atoms with Crippen molar-refractivity contribution in [2.75, 3.05) is 0 Å². The van der Waals surface area contributed by atoms with Gasteiger partial charge in [-0.1, -0.05) is 11.2 Å². The lowest BCUT2D eigenvalue weighted by Crippen LogP contribution is -2.35. The van der Waals surface area contributed by atoms with Crippen LogP contribution in [0.1, 0.15) is 27.2 Å². The first kappa shape index (κ1) is 13.2. The summed E-state index contributed by atoms with van der Waals surface area (Å²) in [5, 5.41) is 15.3. The first-order valence-electron chi connectivity index (χ1n) is 6.41. The van der Waals surface area contributed by atoms with Gasteiger partial charge in [-0.25, -0.2) is 9.59 Å². The second kappa shape index (κ2) is 5.28. The third-order valence-corrected chi connectivity index (χ3v) is 3.37. The van der Waals surface area contributed by atoms with Crippen LogP contribution in [-0.4, -0.2) is 27.2 Å². The number of hydrogen-bond acceptors (Lipinski definition) is 4. The third kappa shape index (κ3) is 2.71. The molecule has 0 bridgehead atoms. The summed E-state index contributed by atoms with van der Waals surface area (Å²) in [6.07, 6.45) is 1.51. The minimum Gasteiger partial charge on any atom is -0.478 e. The summed E-state index contributed by atoms with van der Waals surface area (Å²) < 4.78 is 4.90. The molecule has 3 rings (SSSR count). The highest BCUT2D eigenvalue weighted by molar-refractivity contribution is 5.88. The van der Waals surface area contributed by atoms with E-state index in [2.05, 4.69) is 10.5 Å². The molecule has 2 heterocycles. The standard InChI is InChI=1S/C14H13N3O4/c18-13(19)9-1-2-10-7-17(8-11(10)5-9)14(20)15-6-12-3-4-16-21-12/h1-5H,6-8H2,(H,15,20)(H,18,19). The molecule has 2 N–H and O–H groups in total. The second-order valence-electron chi connectivity index (χ2n) is 4.78. The van der Waals surface area contributed by atoms with E-state index >= 15 is 0 Å². The van der Waals surface area contributed by atoms with E-state index in [0.29, 0.717) is 18.8 Å². The zero-order chi connectivity index (χ0) is 14.8. The molecule has 0 unspecified atom stereocenters. The van der Waals surface area contributed by atoms with Crippen LogP contribution in [0.15, 0.2) is 35.0 Å². The van der Waals surface area contributed by atoms with Gasteiger partial charge in [0, 0.05) is 19.2 Å². The average Bonchev–Trinajstić information content (AvgIpc) is 3.12. The van der Waals surface area contributed by atoms with Gasteiger partial charge in [0.05, 0.1) is 18.3 Å². The summed E-state index contributed by atoms with van der Waals surface area (Å²) in [7, 11) is 0. The maximum Gasteiger partial charge on any atom is 0.335 e. The van der Waals surface area contributed by atoms with Gasteiger partial charge in [-0.05, 0) is 23.3 Å². The highest BCUT2D eigenvalue weighted by Crippen LogP contribution is 2.23. The molecule has 0 spiro atoms. The predicted molar refractivity (Wildman–Crippen MR) is 71.4 cm³/mol. The molecule has 1 aliphatic rings. The molecule has 0 atom stereocenters. The van der Waals surface area contributed by atoms with Crippen LogP contribution in [0.25, 0.3) is 0 Å². The fraction of sp³-hybridized carbons (Fsp3) is 0.214. The Bertz CT molecular complexity index is 682. The fourth-order valence-corrected chi connectivity index (χ4v) is 2.28. The molecule has 1 aromatic carbocycles. The number of fused-ring (bicyclic) bond motifs is 1. The number of hydrogen-bond donors (Lipinski definition) is 2. The number of carboxylic acids is 1. The van der Waals surface area contributed by atoms with E-state index in [9.17, 15) is 9.59 Å². The van der Waals surface area contributed by atoms with Gasteiger partial charge in [0.25, 0.3) is 0 Å². The number of carbonyl (C=O) groups excluding carboxylic acids is 1.